The van der Waals surface area contributed by atoms with Crippen molar-refractivity contribution >= 4 is 6.08 Å². The van der Waals surface area contributed by atoms with Crippen LogP contribution in [0.15, 0.2) is 45.8 Å². The molecule has 0 aliphatic heterocycles. The van der Waals surface area contributed by atoms with E-state index in [9.17, 15) is 9.90 Å². The molecule has 0 bridgehead atoms. The van der Waals surface area contributed by atoms with E-state index in [0.29, 0.717) is 11.5 Å². The standard InChI is InChI=1S/C16H16O5/c1-11-16(14(18)7-9-20-11)21-8-3-4-12-5-6-13(17)15(10-12)19-2/h3-7,9-10,17H,8H2,1-2H3/b4-3+. The maximum Gasteiger partial charge on any atom is 0.227 e. The summed E-state index contributed by atoms with van der Waals surface area (Å²) in [6, 6.07) is 6.32. The van der Waals surface area contributed by atoms with Crippen LogP contribution in [0.1, 0.15) is 11.3 Å². The summed E-state index contributed by atoms with van der Waals surface area (Å²) < 4.78 is 15.5. The number of aromatic hydroxyl groups is 1. The Bertz CT molecular complexity index is 700. The SMILES string of the molecule is COc1cc(/C=C/COc2c(C)occc2=O)ccc1O. The maximum absolute atomic E-state index is 11.6. The van der Waals surface area contributed by atoms with E-state index in [2.05, 4.69) is 0 Å². The number of ether oxygens (including phenoxy) is 2. The molecule has 0 fully saturated rings. The predicted molar refractivity (Wildman–Crippen MR) is 78.9 cm³/mol. The molecule has 1 N–H and O–H groups in total. The number of hydrogen-bond acceptors (Lipinski definition) is 5. The van der Waals surface area contributed by atoms with Gasteiger partial charge in [-0.3, -0.25) is 4.79 Å². The highest BCUT2D eigenvalue weighted by Gasteiger charge is 2.05. The summed E-state index contributed by atoms with van der Waals surface area (Å²) in [4.78, 5) is 11.6. The molecule has 0 aliphatic carbocycles. The van der Waals surface area contributed by atoms with Crippen molar-refractivity contribution < 1.29 is 19.0 Å². The van der Waals surface area contributed by atoms with Gasteiger partial charge in [0.05, 0.1) is 13.4 Å². The molecule has 0 atom stereocenters. The van der Waals surface area contributed by atoms with Crippen LogP contribution in [0, 0.1) is 6.92 Å². The van der Waals surface area contributed by atoms with Gasteiger partial charge in [0.25, 0.3) is 0 Å². The molecule has 0 unspecified atom stereocenters. The van der Waals surface area contributed by atoms with Gasteiger partial charge < -0.3 is 19.0 Å². The second-order valence-corrected chi connectivity index (χ2v) is 4.31. The highest BCUT2D eigenvalue weighted by atomic mass is 16.5. The third-order valence-electron chi connectivity index (χ3n) is 2.85. The number of hydrogen-bond donors (Lipinski definition) is 1. The van der Waals surface area contributed by atoms with Crippen LogP contribution in [0.25, 0.3) is 6.08 Å². The van der Waals surface area contributed by atoms with Crippen LogP contribution < -0.4 is 14.9 Å². The van der Waals surface area contributed by atoms with Crippen LogP contribution in [0.2, 0.25) is 0 Å². The summed E-state index contributed by atoms with van der Waals surface area (Å²) in [5.74, 6) is 1.15. The Labute approximate surface area is 122 Å². The smallest absolute Gasteiger partial charge is 0.227 e. The lowest BCUT2D eigenvalue weighted by molar-refractivity contribution is 0.335. The first-order chi connectivity index (χ1) is 10.1. The monoisotopic (exact) mass is 288 g/mol. The molecule has 5 nitrogen and oxygen atoms in total. The Morgan fingerprint density at radius 3 is 2.86 bits per heavy atom. The topological polar surface area (TPSA) is 68.9 Å². The fourth-order valence-electron chi connectivity index (χ4n) is 1.79. The third-order valence-corrected chi connectivity index (χ3v) is 2.85. The van der Waals surface area contributed by atoms with E-state index in [1.165, 1.54) is 19.4 Å². The Morgan fingerprint density at radius 1 is 1.33 bits per heavy atom. The maximum atomic E-state index is 11.6. The summed E-state index contributed by atoms with van der Waals surface area (Å²) in [5, 5.41) is 9.50. The summed E-state index contributed by atoms with van der Waals surface area (Å²) >= 11 is 0. The largest absolute Gasteiger partial charge is 0.504 e. The number of phenolic OH excluding ortho intramolecular Hbond substituents is 1. The molecule has 5 heteroatoms. The number of benzene rings is 1. The Kier molecular flexibility index (Phi) is 4.66. The van der Waals surface area contributed by atoms with Gasteiger partial charge in [-0.15, -0.1) is 0 Å². The van der Waals surface area contributed by atoms with E-state index in [-0.39, 0.29) is 23.5 Å². The minimum Gasteiger partial charge on any atom is -0.504 e. The second-order valence-electron chi connectivity index (χ2n) is 4.31. The summed E-state index contributed by atoms with van der Waals surface area (Å²) in [5.41, 5.74) is 0.642. The molecule has 0 saturated heterocycles. The fraction of sp³-hybridized carbons (Fsp3) is 0.188. The first-order valence-electron chi connectivity index (χ1n) is 6.36. The van der Waals surface area contributed by atoms with Gasteiger partial charge in [-0.2, -0.15) is 0 Å². The van der Waals surface area contributed by atoms with Crippen molar-refractivity contribution in [2.24, 2.45) is 0 Å². The lowest BCUT2D eigenvalue weighted by Gasteiger charge is -2.05. The molecule has 1 heterocycles. The molecule has 2 rings (SSSR count). The van der Waals surface area contributed by atoms with E-state index < -0.39 is 0 Å². The zero-order valence-electron chi connectivity index (χ0n) is 11.8. The molecular weight excluding hydrogens is 272 g/mol. The zero-order chi connectivity index (χ0) is 15.2. The Hall–Kier alpha value is -2.69. The van der Waals surface area contributed by atoms with Gasteiger partial charge in [-0.05, 0) is 30.7 Å². The number of rotatable bonds is 5. The van der Waals surface area contributed by atoms with Gasteiger partial charge in [-0.1, -0.05) is 12.1 Å². The number of phenols is 1. The van der Waals surface area contributed by atoms with Crippen LogP contribution in [0.5, 0.6) is 17.2 Å². The van der Waals surface area contributed by atoms with Crippen molar-refractivity contribution in [1.82, 2.24) is 0 Å². The van der Waals surface area contributed by atoms with Crippen molar-refractivity contribution in [3.8, 4) is 17.2 Å². The van der Waals surface area contributed by atoms with Gasteiger partial charge in [-0.25, -0.2) is 0 Å². The van der Waals surface area contributed by atoms with Gasteiger partial charge in [0.1, 0.15) is 12.4 Å². The van der Waals surface area contributed by atoms with Crippen LogP contribution >= 0.6 is 0 Å². The minimum atomic E-state index is -0.210. The highest BCUT2D eigenvalue weighted by Crippen LogP contribution is 2.26. The van der Waals surface area contributed by atoms with Gasteiger partial charge in [0.15, 0.2) is 11.5 Å². The predicted octanol–water partition coefficient (Wildman–Crippen LogP) is 2.75. The van der Waals surface area contributed by atoms with Crippen molar-refractivity contribution in [3.63, 3.8) is 0 Å². The Morgan fingerprint density at radius 2 is 2.14 bits per heavy atom. The van der Waals surface area contributed by atoms with E-state index in [0.717, 1.165) is 5.56 Å². The van der Waals surface area contributed by atoms with Crippen molar-refractivity contribution in [3.05, 3.63) is 58.2 Å². The van der Waals surface area contributed by atoms with Crippen molar-refractivity contribution in [1.29, 1.82) is 0 Å². The average Bonchev–Trinajstić information content (AvgIpc) is 2.47. The summed E-state index contributed by atoms with van der Waals surface area (Å²) in [6.45, 7) is 1.91. The lowest BCUT2D eigenvalue weighted by atomic mass is 10.2. The normalized spacial score (nSPS) is 10.8. The molecule has 0 aliphatic rings. The first kappa shape index (κ1) is 14.7. The van der Waals surface area contributed by atoms with E-state index >= 15 is 0 Å². The molecule has 0 radical (unpaired) electrons. The van der Waals surface area contributed by atoms with Crippen molar-refractivity contribution in [2.45, 2.75) is 6.92 Å². The minimum absolute atomic E-state index is 0.0865. The summed E-state index contributed by atoms with van der Waals surface area (Å²) in [6.07, 6.45) is 4.91. The molecule has 0 spiro atoms. The van der Waals surface area contributed by atoms with Gasteiger partial charge in [0.2, 0.25) is 11.2 Å². The summed E-state index contributed by atoms with van der Waals surface area (Å²) in [7, 11) is 1.49. The molecule has 2 aromatic rings. The third kappa shape index (κ3) is 3.66. The molecule has 0 amide bonds. The van der Waals surface area contributed by atoms with Crippen LogP contribution in [-0.2, 0) is 0 Å². The molecule has 21 heavy (non-hydrogen) atoms. The van der Waals surface area contributed by atoms with E-state index in [1.807, 2.05) is 6.08 Å². The van der Waals surface area contributed by atoms with Crippen LogP contribution in [0.3, 0.4) is 0 Å². The molecule has 1 aromatic heterocycles. The molecule has 0 saturated carbocycles. The highest BCUT2D eigenvalue weighted by molar-refractivity contribution is 5.55. The Balaban J connectivity index is 2.02. The first-order valence-corrected chi connectivity index (χ1v) is 6.36. The quantitative estimate of drug-likeness (QED) is 0.916. The molecule has 110 valence electrons. The molecule has 1 aromatic carbocycles. The fourth-order valence-corrected chi connectivity index (χ4v) is 1.79. The number of methoxy groups -OCH3 is 1. The lowest BCUT2D eigenvalue weighted by Crippen LogP contribution is -2.08. The van der Waals surface area contributed by atoms with Crippen LogP contribution in [-0.4, -0.2) is 18.8 Å². The average molecular weight is 288 g/mol. The van der Waals surface area contributed by atoms with Gasteiger partial charge >= 0.3 is 0 Å². The van der Waals surface area contributed by atoms with E-state index in [4.69, 9.17) is 13.9 Å². The van der Waals surface area contributed by atoms with Gasteiger partial charge in [0, 0.05) is 6.07 Å². The van der Waals surface area contributed by atoms with Crippen molar-refractivity contribution in [2.75, 3.05) is 13.7 Å². The molecular formula is C16H16O5. The number of aryl methyl sites for hydroxylation is 1. The van der Waals surface area contributed by atoms with Crippen LogP contribution in [0.4, 0.5) is 0 Å². The zero-order valence-corrected chi connectivity index (χ0v) is 11.8. The van der Waals surface area contributed by atoms with E-state index in [1.54, 1.807) is 31.2 Å². The second kappa shape index (κ2) is 6.65.